The zero-order chi connectivity index (χ0) is 15.1. The van der Waals surface area contributed by atoms with Crippen molar-refractivity contribution in [2.45, 2.75) is 27.7 Å². The molecule has 1 aromatic carbocycles. The van der Waals surface area contributed by atoms with Gasteiger partial charge in [0.1, 0.15) is 5.75 Å². The third kappa shape index (κ3) is 5.30. The molecule has 0 atom stereocenters. The summed E-state index contributed by atoms with van der Waals surface area (Å²) < 4.78 is 5.41. The van der Waals surface area contributed by atoms with Gasteiger partial charge in [-0.1, -0.05) is 26.0 Å². The zero-order valence-electron chi connectivity index (χ0n) is 12.4. The first kappa shape index (κ1) is 16.0. The minimum Gasteiger partial charge on any atom is -0.483 e. The van der Waals surface area contributed by atoms with Gasteiger partial charge in [0, 0.05) is 6.54 Å². The second-order valence-electron chi connectivity index (χ2n) is 5.14. The number of hydrogen-bond acceptors (Lipinski definition) is 3. The Kier molecular flexibility index (Phi) is 6.03. The quantitative estimate of drug-likeness (QED) is 0.867. The highest BCUT2D eigenvalue weighted by Crippen LogP contribution is 2.20. The predicted octanol–water partition coefficient (Wildman–Crippen LogP) is 2.16. The highest BCUT2D eigenvalue weighted by Gasteiger charge is 2.09. The van der Waals surface area contributed by atoms with E-state index < -0.39 is 11.9 Å². The number of benzene rings is 1. The van der Waals surface area contributed by atoms with Crippen LogP contribution in [0.1, 0.15) is 25.0 Å². The molecule has 0 radical (unpaired) electrons. The number of rotatable bonds is 5. The number of urea groups is 1. The molecule has 0 bridgehead atoms. The number of nitrogens with one attached hydrogen (secondary N) is 2. The Balaban J connectivity index is 2.40. The van der Waals surface area contributed by atoms with Gasteiger partial charge in [-0.05, 0) is 37.0 Å². The molecule has 0 saturated carbocycles. The number of imide groups is 1. The molecule has 3 amide bonds. The Bertz CT molecular complexity index is 484. The summed E-state index contributed by atoms with van der Waals surface area (Å²) in [5, 5.41) is 4.83. The molecule has 0 spiro atoms. The molecule has 0 fully saturated rings. The van der Waals surface area contributed by atoms with E-state index in [-0.39, 0.29) is 6.61 Å². The fraction of sp³-hybridized carbons (Fsp3) is 0.467. The van der Waals surface area contributed by atoms with Crippen LogP contribution in [0.15, 0.2) is 18.2 Å². The maximum atomic E-state index is 11.6. The smallest absolute Gasteiger partial charge is 0.321 e. The normalized spacial score (nSPS) is 10.2. The Hall–Kier alpha value is -2.04. The molecule has 0 saturated heterocycles. The van der Waals surface area contributed by atoms with E-state index in [4.69, 9.17) is 4.74 Å². The van der Waals surface area contributed by atoms with Crippen molar-refractivity contribution in [1.82, 2.24) is 10.6 Å². The fourth-order valence-electron chi connectivity index (χ4n) is 1.53. The van der Waals surface area contributed by atoms with E-state index in [1.54, 1.807) is 6.07 Å². The van der Waals surface area contributed by atoms with E-state index >= 15 is 0 Å². The molecule has 0 aliphatic carbocycles. The maximum Gasteiger partial charge on any atom is 0.321 e. The van der Waals surface area contributed by atoms with Crippen LogP contribution < -0.4 is 15.4 Å². The fourth-order valence-corrected chi connectivity index (χ4v) is 1.53. The Morgan fingerprint density at radius 2 is 1.95 bits per heavy atom. The third-order valence-corrected chi connectivity index (χ3v) is 2.84. The number of carbonyl (C=O) groups is 2. The van der Waals surface area contributed by atoms with Crippen molar-refractivity contribution in [3.05, 3.63) is 29.3 Å². The van der Waals surface area contributed by atoms with Gasteiger partial charge in [-0.2, -0.15) is 0 Å². The maximum absolute atomic E-state index is 11.6. The van der Waals surface area contributed by atoms with E-state index in [0.717, 1.165) is 11.1 Å². The van der Waals surface area contributed by atoms with E-state index in [2.05, 4.69) is 10.6 Å². The molecular formula is C15H22N2O3. The number of hydrogen-bond donors (Lipinski definition) is 2. The van der Waals surface area contributed by atoms with Crippen molar-refractivity contribution in [1.29, 1.82) is 0 Å². The Morgan fingerprint density at radius 1 is 1.25 bits per heavy atom. The molecule has 110 valence electrons. The first-order valence-corrected chi connectivity index (χ1v) is 6.67. The van der Waals surface area contributed by atoms with Gasteiger partial charge in [-0.15, -0.1) is 0 Å². The van der Waals surface area contributed by atoms with Gasteiger partial charge in [-0.25, -0.2) is 4.79 Å². The molecule has 5 nitrogen and oxygen atoms in total. The number of amides is 3. The standard InChI is InChI=1S/C15H22N2O3/c1-10(2)8-16-15(19)17-14(18)9-20-13-7-5-6-11(3)12(13)4/h5-7,10H,8-9H2,1-4H3,(H2,16,17,18,19). The van der Waals surface area contributed by atoms with Crippen LogP contribution >= 0.6 is 0 Å². The minimum absolute atomic E-state index is 0.181. The van der Waals surface area contributed by atoms with Crippen LogP contribution in [0.3, 0.4) is 0 Å². The molecule has 0 aliphatic heterocycles. The molecule has 5 heteroatoms. The number of carbonyl (C=O) groups excluding carboxylic acids is 2. The lowest BCUT2D eigenvalue weighted by molar-refractivity contribution is -0.122. The summed E-state index contributed by atoms with van der Waals surface area (Å²) in [5.74, 6) is 0.525. The van der Waals surface area contributed by atoms with Crippen LogP contribution in [0.25, 0.3) is 0 Å². The second-order valence-corrected chi connectivity index (χ2v) is 5.14. The summed E-state index contributed by atoms with van der Waals surface area (Å²) in [5.41, 5.74) is 2.09. The largest absolute Gasteiger partial charge is 0.483 e. The molecule has 1 rings (SSSR count). The van der Waals surface area contributed by atoms with Crippen molar-refractivity contribution in [3.63, 3.8) is 0 Å². The van der Waals surface area contributed by atoms with Gasteiger partial charge in [0.05, 0.1) is 0 Å². The van der Waals surface area contributed by atoms with Gasteiger partial charge >= 0.3 is 6.03 Å². The molecule has 0 unspecified atom stereocenters. The van der Waals surface area contributed by atoms with Gasteiger partial charge in [-0.3, -0.25) is 10.1 Å². The lowest BCUT2D eigenvalue weighted by Crippen LogP contribution is -2.42. The van der Waals surface area contributed by atoms with Crippen LogP contribution in [0, 0.1) is 19.8 Å². The molecule has 0 aliphatic rings. The van der Waals surface area contributed by atoms with Crippen molar-refractivity contribution >= 4 is 11.9 Å². The molecule has 1 aromatic rings. The summed E-state index contributed by atoms with van der Waals surface area (Å²) in [6.07, 6.45) is 0. The van der Waals surface area contributed by atoms with Gasteiger partial charge in [0.15, 0.2) is 6.61 Å². The highest BCUT2D eigenvalue weighted by atomic mass is 16.5. The van der Waals surface area contributed by atoms with Crippen molar-refractivity contribution in [3.8, 4) is 5.75 Å². The van der Waals surface area contributed by atoms with Gasteiger partial charge in [0.25, 0.3) is 5.91 Å². The Labute approximate surface area is 119 Å². The average Bonchev–Trinajstić information content (AvgIpc) is 2.38. The Morgan fingerprint density at radius 3 is 2.60 bits per heavy atom. The van der Waals surface area contributed by atoms with Gasteiger partial charge < -0.3 is 10.1 Å². The molecule has 2 N–H and O–H groups in total. The third-order valence-electron chi connectivity index (χ3n) is 2.84. The van der Waals surface area contributed by atoms with Crippen LogP contribution in [0.5, 0.6) is 5.75 Å². The SMILES string of the molecule is Cc1cccc(OCC(=O)NC(=O)NCC(C)C)c1C. The lowest BCUT2D eigenvalue weighted by Gasteiger charge is -2.11. The first-order valence-electron chi connectivity index (χ1n) is 6.67. The molecule has 0 heterocycles. The van der Waals surface area contributed by atoms with Crippen molar-refractivity contribution in [2.75, 3.05) is 13.2 Å². The summed E-state index contributed by atoms with van der Waals surface area (Å²) in [6, 6.07) is 5.15. The summed E-state index contributed by atoms with van der Waals surface area (Å²) in [4.78, 5) is 23.0. The molecular weight excluding hydrogens is 256 g/mol. The molecule has 0 aromatic heterocycles. The zero-order valence-corrected chi connectivity index (χ0v) is 12.4. The molecule has 20 heavy (non-hydrogen) atoms. The monoisotopic (exact) mass is 278 g/mol. The topological polar surface area (TPSA) is 67.4 Å². The predicted molar refractivity (Wildman–Crippen MR) is 77.8 cm³/mol. The van der Waals surface area contributed by atoms with Crippen molar-refractivity contribution in [2.24, 2.45) is 5.92 Å². The first-order chi connectivity index (χ1) is 9.40. The van der Waals surface area contributed by atoms with E-state index in [9.17, 15) is 9.59 Å². The lowest BCUT2D eigenvalue weighted by atomic mass is 10.1. The summed E-state index contributed by atoms with van der Waals surface area (Å²) in [7, 11) is 0. The number of aryl methyl sites for hydroxylation is 1. The van der Waals surface area contributed by atoms with Gasteiger partial charge in [0.2, 0.25) is 0 Å². The minimum atomic E-state index is -0.492. The van der Waals surface area contributed by atoms with E-state index in [0.29, 0.717) is 18.2 Å². The van der Waals surface area contributed by atoms with Crippen LogP contribution in [-0.4, -0.2) is 25.1 Å². The van der Waals surface area contributed by atoms with E-state index in [1.807, 2.05) is 39.8 Å². The second kappa shape index (κ2) is 7.53. The summed E-state index contributed by atoms with van der Waals surface area (Å²) in [6.45, 7) is 8.20. The van der Waals surface area contributed by atoms with E-state index in [1.165, 1.54) is 0 Å². The highest BCUT2D eigenvalue weighted by molar-refractivity contribution is 5.95. The van der Waals surface area contributed by atoms with Crippen LogP contribution in [-0.2, 0) is 4.79 Å². The van der Waals surface area contributed by atoms with Crippen LogP contribution in [0.4, 0.5) is 4.79 Å². The van der Waals surface area contributed by atoms with Crippen LogP contribution in [0.2, 0.25) is 0 Å². The number of ether oxygens (including phenoxy) is 1. The van der Waals surface area contributed by atoms with Crippen molar-refractivity contribution < 1.29 is 14.3 Å². The average molecular weight is 278 g/mol. The summed E-state index contributed by atoms with van der Waals surface area (Å²) >= 11 is 0.